The molecule has 3 heterocycles. The summed E-state index contributed by atoms with van der Waals surface area (Å²) in [6.07, 6.45) is 2.60. The monoisotopic (exact) mass is 422 g/mol. The van der Waals surface area contributed by atoms with Crippen LogP contribution in [-0.4, -0.2) is 83.9 Å². The standard InChI is InChI=1S/C24H30N4O3/c1-26-13-15-27(16-14-26)23(29)17-19-18-28(24(30)21-9-5-6-11-25-21)12-10-22(19)31-20-7-3-2-4-8-20/h2-9,11,19,22H,10,12-18H2,1H3/t19-,22-/m0/s1. The number of ether oxygens (including phenoxy) is 1. The molecule has 0 N–H and O–H groups in total. The minimum absolute atomic E-state index is 0.0613. The summed E-state index contributed by atoms with van der Waals surface area (Å²) in [6.45, 7) is 4.37. The Labute approximate surface area is 183 Å². The number of carbonyl (C=O) groups excluding carboxylic acids is 2. The molecule has 0 saturated carbocycles. The van der Waals surface area contributed by atoms with Crippen molar-refractivity contribution >= 4 is 11.8 Å². The van der Waals surface area contributed by atoms with Crippen molar-refractivity contribution in [3.8, 4) is 5.75 Å². The Morgan fingerprint density at radius 3 is 2.42 bits per heavy atom. The third kappa shape index (κ3) is 5.41. The third-order valence-electron chi connectivity index (χ3n) is 6.16. The van der Waals surface area contributed by atoms with Gasteiger partial charge in [0.1, 0.15) is 17.5 Å². The van der Waals surface area contributed by atoms with Gasteiger partial charge in [-0.25, -0.2) is 0 Å². The molecule has 31 heavy (non-hydrogen) atoms. The maximum absolute atomic E-state index is 13.1. The zero-order chi connectivity index (χ0) is 21.6. The number of para-hydroxylation sites is 1. The van der Waals surface area contributed by atoms with E-state index in [1.165, 1.54) is 0 Å². The molecule has 2 aromatic rings. The minimum Gasteiger partial charge on any atom is -0.490 e. The zero-order valence-corrected chi connectivity index (χ0v) is 18.0. The largest absolute Gasteiger partial charge is 0.490 e. The third-order valence-corrected chi connectivity index (χ3v) is 6.16. The number of aromatic nitrogens is 1. The van der Waals surface area contributed by atoms with Crippen LogP contribution in [0, 0.1) is 5.92 Å². The van der Waals surface area contributed by atoms with Gasteiger partial charge in [0.2, 0.25) is 5.91 Å². The normalized spacial score (nSPS) is 22.2. The van der Waals surface area contributed by atoms with E-state index in [0.717, 1.165) is 31.9 Å². The van der Waals surface area contributed by atoms with E-state index in [1.807, 2.05) is 46.2 Å². The van der Waals surface area contributed by atoms with Crippen molar-refractivity contribution in [2.24, 2.45) is 5.92 Å². The topological polar surface area (TPSA) is 66.0 Å². The highest BCUT2D eigenvalue weighted by atomic mass is 16.5. The average Bonchev–Trinajstić information content (AvgIpc) is 2.81. The van der Waals surface area contributed by atoms with E-state index < -0.39 is 0 Å². The quantitative estimate of drug-likeness (QED) is 0.739. The van der Waals surface area contributed by atoms with Crippen LogP contribution in [0.15, 0.2) is 54.7 Å². The highest BCUT2D eigenvalue weighted by Crippen LogP contribution is 2.27. The smallest absolute Gasteiger partial charge is 0.272 e. The molecule has 7 heteroatoms. The second-order valence-corrected chi connectivity index (χ2v) is 8.37. The van der Waals surface area contributed by atoms with E-state index in [-0.39, 0.29) is 23.8 Å². The summed E-state index contributed by atoms with van der Waals surface area (Å²) in [5, 5.41) is 0. The Bertz CT molecular complexity index is 869. The first-order valence-electron chi connectivity index (χ1n) is 11.0. The molecule has 1 aromatic carbocycles. The van der Waals surface area contributed by atoms with Crippen LogP contribution >= 0.6 is 0 Å². The fourth-order valence-electron chi connectivity index (χ4n) is 4.28. The number of carbonyl (C=O) groups is 2. The number of piperidine rings is 1. The molecule has 1 aromatic heterocycles. The van der Waals surface area contributed by atoms with E-state index >= 15 is 0 Å². The number of hydrogen-bond donors (Lipinski definition) is 0. The van der Waals surface area contributed by atoms with Crippen LogP contribution in [0.5, 0.6) is 5.75 Å². The van der Waals surface area contributed by atoms with Crippen LogP contribution in [0.2, 0.25) is 0 Å². The highest BCUT2D eigenvalue weighted by Gasteiger charge is 2.36. The van der Waals surface area contributed by atoms with Gasteiger partial charge in [0.15, 0.2) is 0 Å². The summed E-state index contributed by atoms with van der Waals surface area (Å²) in [5.41, 5.74) is 0.439. The van der Waals surface area contributed by atoms with Crippen LogP contribution in [0.3, 0.4) is 0 Å². The summed E-state index contributed by atoms with van der Waals surface area (Å²) in [6, 6.07) is 15.1. The number of benzene rings is 1. The molecule has 2 atom stereocenters. The second kappa shape index (κ2) is 9.92. The predicted molar refractivity (Wildman–Crippen MR) is 118 cm³/mol. The van der Waals surface area contributed by atoms with Crippen LogP contribution < -0.4 is 4.74 Å². The molecule has 7 nitrogen and oxygen atoms in total. The van der Waals surface area contributed by atoms with Crippen LogP contribution in [0.4, 0.5) is 0 Å². The molecule has 2 fully saturated rings. The molecule has 0 bridgehead atoms. The molecular formula is C24H30N4O3. The zero-order valence-electron chi connectivity index (χ0n) is 18.0. The van der Waals surface area contributed by atoms with Gasteiger partial charge in [-0.1, -0.05) is 24.3 Å². The second-order valence-electron chi connectivity index (χ2n) is 8.37. The van der Waals surface area contributed by atoms with Gasteiger partial charge in [-0.2, -0.15) is 0 Å². The SMILES string of the molecule is CN1CCN(C(=O)C[C@H]2CN(C(=O)c3ccccn3)CC[C@@H]2Oc2ccccc2)CC1. The fourth-order valence-corrected chi connectivity index (χ4v) is 4.28. The molecule has 2 aliphatic rings. The van der Waals surface area contributed by atoms with Crippen molar-refractivity contribution < 1.29 is 14.3 Å². The predicted octanol–water partition coefficient (Wildman–Crippen LogP) is 2.16. The summed E-state index contributed by atoms with van der Waals surface area (Å²) in [4.78, 5) is 36.2. The number of hydrogen-bond acceptors (Lipinski definition) is 5. The molecular weight excluding hydrogens is 392 g/mol. The van der Waals surface area contributed by atoms with Crippen molar-refractivity contribution in [2.75, 3.05) is 46.3 Å². The Morgan fingerprint density at radius 2 is 1.71 bits per heavy atom. The van der Waals surface area contributed by atoms with Gasteiger partial charge in [-0.3, -0.25) is 14.6 Å². The van der Waals surface area contributed by atoms with E-state index in [1.54, 1.807) is 18.3 Å². The van der Waals surface area contributed by atoms with Crippen LogP contribution in [-0.2, 0) is 4.79 Å². The Balaban J connectivity index is 1.46. The number of piperazine rings is 1. The summed E-state index contributed by atoms with van der Waals surface area (Å²) in [7, 11) is 2.08. The number of pyridine rings is 1. The van der Waals surface area contributed by atoms with E-state index in [4.69, 9.17) is 4.74 Å². The lowest BCUT2D eigenvalue weighted by Gasteiger charge is -2.39. The molecule has 0 spiro atoms. The molecule has 4 rings (SSSR count). The number of amides is 2. The first-order valence-corrected chi connectivity index (χ1v) is 11.0. The first-order chi connectivity index (χ1) is 15.1. The highest BCUT2D eigenvalue weighted by molar-refractivity contribution is 5.92. The minimum atomic E-state index is -0.105. The molecule has 0 radical (unpaired) electrons. The summed E-state index contributed by atoms with van der Waals surface area (Å²) >= 11 is 0. The van der Waals surface area contributed by atoms with Gasteiger partial charge in [0.25, 0.3) is 5.91 Å². The van der Waals surface area contributed by atoms with E-state index in [2.05, 4.69) is 16.9 Å². The number of rotatable bonds is 5. The van der Waals surface area contributed by atoms with Gasteiger partial charge < -0.3 is 19.4 Å². The van der Waals surface area contributed by atoms with Gasteiger partial charge >= 0.3 is 0 Å². The van der Waals surface area contributed by atoms with Crippen molar-refractivity contribution in [3.63, 3.8) is 0 Å². The van der Waals surface area contributed by atoms with Gasteiger partial charge in [-0.05, 0) is 31.3 Å². The van der Waals surface area contributed by atoms with Crippen LogP contribution in [0.25, 0.3) is 0 Å². The van der Waals surface area contributed by atoms with Crippen molar-refractivity contribution in [3.05, 3.63) is 60.4 Å². The number of likely N-dealkylation sites (N-methyl/N-ethyl adjacent to an activating group) is 1. The molecule has 2 amide bonds. The van der Waals surface area contributed by atoms with E-state index in [0.29, 0.717) is 31.6 Å². The summed E-state index contributed by atoms with van der Waals surface area (Å²) in [5.74, 6) is 0.797. The number of nitrogens with zero attached hydrogens (tertiary/aromatic N) is 4. The van der Waals surface area contributed by atoms with Gasteiger partial charge in [0.05, 0.1) is 0 Å². The maximum atomic E-state index is 13.1. The molecule has 2 aliphatic heterocycles. The Morgan fingerprint density at radius 1 is 0.968 bits per heavy atom. The summed E-state index contributed by atoms with van der Waals surface area (Å²) < 4.78 is 6.27. The average molecular weight is 423 g/mol. The number of likely N-dealkylation sites (tertiary alicyclic amines) is 1. The van der Waals surface area contributed by atoms with Crippen molar-refractivity contribution in [1.29, 1.82) is 0 Å². The van der Waals surface area contributed by atoms with Crippen molar-refractivity contribution in [2.45, 2.75) is 18.9 Å². The van der Waals surface area contributed by atoms with Gasteiger partial charge in [-0.15, -0.1) is 0 Å². The molecule has 0 unspecified atom stereocenters. The molecule has 0 aliphatic carbocycles. The lowest BCUT2D eigenvalue weighted by atomic mass is 9.90. The first kappa shape index (κ1) is 21.3. The maximum Gasteiger partial charge on any atom is 0.272 e. The molecule has 164 valence electrons. The Kier molecular flexibility index (Phi) is 6.82. The van der Waals surface area contributed by atoms with E-state index in [9.17, 15) is 9.59 Å². The van der Waals surface area contributed by atoms with Crippen molar-refractivity contribution in [1.82, 2.24) is 19.7 Å². The van der Waals surface area contributed by atoms with Crippen LogP contribution in [0.1, 0.15) is 23.3 Å². The van der Waals surface area contributed by atoms with Gasteiger partial charge in [0, 0.05) is 64.2 Å². The fraction of sp³-hybridized carbons (Fsp3) is 0.458. The lowest BCUT2D eigenvalue weighted by Crippen LogP contribution is -2.51. The molecule has 2 saturated heterocycles. The Hall–Kier alpha value is -2.93. The lowest BCUT2D eigenvalue weighted by molar-refractivity contribution is -0.135.